The van der Waals surface area contributed by atoms with Crippen LogP contribution in [0, 0.1) is 5.41 Å². The number of aliphatic carboxylic acids is 1. The third-order valence-electron chi connectivity index (χ3n) is 6.83. The number of hydrogen-bond acceptors (Lipinski definition) is 3. The van der Waals surface area contributed by atoms with Gasteiger partial charge in [-0.25, -0.2) is 8.42 Å². The van der Waals surface area contributed by atoms with Crippen LogP contribution in [-0.4, -0.2) is 24.2 Å². The van der Waals surface area contributed by atoms with Crippen molar-refractivity contribution in [3.8, 4) is 0 Å². The lowest BCUT2D eigenvalue weighted by Crippen LogP contribution is -2.43. The lowest BCUT2D eigenvalue weighted by molar-refractivity contribution is -0.139. The molecule has 0 bridgehead atoms. The molecule has 4 nitrogen and oxygen atoms in total. The second kappa shape index (κ2) is 12.5. The van der Waals surface area contributed by atoms with E-state index in [9.17, 15) is 18.3 Å². The molecule has 0 saturated heterocycles. The largest absolute Gasteiger partial charge is 0.480 e. The maximum atomic E-state index is 13.1. The molecule has 5 heteroatoms. The van der Waals surface area contributed by atoms with E-state index in [1.165, 1.54) is 64.0 Å². The van der Waals surface area contributed by atoms with Gasteiger partial charge in [0, 0.05) is 0 Å². The monoisotopic (exact) mass is 438 g/mol. The van der Waals surface area contributed by atoms with Gasteiger partial charge >= 0.3 is 5.97 Å². The van der Waals surface area contributed by atoms with Crippen LogP contribution in [-0.2, 0) is 14.6 Å². The van der Waals surface area contributed by atoms with Crippen molar-refractivity contribution >= 4 is 15.8 Å². The van der Waals surface area contributed by atoms with E-state index < -0.39 is 20.6 Å². The molecule has 0 aromatic heterocycles. The molecule has 1 aromatic rings. The summed E-state index contributed by atoms with van der Waals surface area (Å²) in [6.45, 7) is 8.07. The van der Waals surface area contributed by atoms with E-state index in [1.807, 2.05) is 0 Å². The van der Waals surface area contributed by atoms with E-state index in [-0.39, 0.29) is 11.3 Å². The normalized spacial score (nSPS) is 16.0. The van der Waals surface area contributed by atoms with Crippen LogP contribution >= 0.6 is 0 Å². The first-order valence-corrected chi connectivity index (χ1v) is 13.2. The van der Waals surface area contributed by atoms with E-state index >= 15 is 0 Å². The summed E-state index contributed by atoms with van der Waals surface area (Å²) < 4.78 is 24.4. The van der Waals surface area contributed by atoms with Gasteiger partial charge in [0.25, 0.3) is 0 Å². The molecule has 0 radical (unpaired) electrons. The molecule has 0 aliphatic rings. The first-order chi connectivity index (χ1) is 14.2. The third kappa shape index (κ3) is 6.83. The van der Waals surface area contributed by atoms with Crippen LogP contribution in [0.1, 0.15) is 105 Å². The van der Waals surface area contributed by atoms with Crippen LogP contribution in [0.4, 0.5) is 0 Å². The number of carboxylic acid groups (broad SMARTS) is 1. The van der Waals surface area contributed by atoms with Crippen molar-refractivity contribution in [3.63, 3.8) is 0 Å². The number of benzene rings is 1. The quantitative estimate of drug-likeness (QED) is 0.281. The second-order valence-corrected chi connectivity index (χ2v) is 11.4. The summed E-state index contributed by atoms with van der Waals surface area (Å²) in [6, 6.07) is 7.97. The molecule has 1 rings (SSSR count). The zero-order valence-electron chi connectivity index (χ0n) is 19.5. The molecule has 0 spiro atoms. The van der Waals surface area contributed by atoms with Gasteiger partial charge in [0.1, 0.15) is 0 Å². The highest BCUT2D eigenvalue weighted by atomic mass is 32.2. The predicted molar refractivity (Wildman–Crippen MR) is 125 cm³/mol. The Balaban J connectivity index is 2.86. The summed E-state index contributed by atoms with van der Waals surface area (Å²) >= 11 is 0. The van der Waals surface area contributed by atoms with E-state index in [4.69, 9.17) is 0 Å². The molecule has 1 N–H and O–H groups in total. The number of unbranched alkanes of at least 4 members (excludes halogenated alkanes) is 4. The summed E-state index contributed by atoms with van der Waals surface area (Å²) in [5.74, 6) is -1.26. The first kappa shape index (κ1) is 26.7. The second-order valence-electron chi connectivity index (χ2n) is 8.97. The molecule has 172 valence electrons. The van der Waals surface area contributed by atoms with Crippen molar-refractivity contribution in [2.75, 3.05) is 0 Å². The molecular formula is C25H42O4S. The van der Waals surface area contributed by atoms with Crippen molar-refractivity contribution in [3.05, 3.63) is 30.3 Å². The number of carboxylic acids is 1. The number of rotatable bonds is 16. The molecular weight excluding hydrogens is 396 g/mol. The van der Waals surface area contributed by atoms with Crippen LogP contribution in [0.2, 0.25) is 0 Å². The maximum Gasteiger partial charge on any atom is 0.325 e. The number of carbonyl (C=O) groups is 1. The lowest BCUT2D eigenvalue weighted by Gasteiger charge is -2.34. The minimum absolute atomic E-state index is 0.0836. The topological polar surface area (TPSA) is 71.4 Å². The Labute approximate surface area is 184 Å². The minimum Gasteiger partial charge on any atom is -0.480 e. The Bertz CT molecular complexity index is 729. The summed E-state index contributed by atoms with van der Waals surface area (Å²) in [5, 5.41) is 9.82. The predicted octanol–water partition coefficient (Wildman–Crippen LogP) is 7.03. The van der Waals surface area contributed by atoms with Crippen molar-refractivity contribution in [2.45, 2.75) is 114 Å². The molecule has 0 saturated carbocycles. The van der Waals surface area contributed by atoms with Crippen molar-refractivity contribution < 1.29 is 18.3 Å². The van der Waals surface area contributed by atoms with Crippen LogP contribution in [0.3, 0.4) is 0 Å². The average molecular weight is 439 g/mol. The van der Waals surface area contributed by atoms with Crippen molar-refractivity contribution in [1.82, 2.24) is 0 Å². The van der Waals surface area contributed by atoms with Gasteiger partial charge in [-0.1, -0.05) is 90.3 Å². The van der Waals surface area contributed by atoms with Crippen LogP contribution in [0.5, 0.6) is 0 Å². The minimum atomic E-state index is -3.95. The summed E-state index contributed by atoms with van der Waals surface area (Å²) in [4.78, 5) is 12.1. The Kier molecular flexibility index (Phi) is 11.1. The van der Waals surface area contributed by atoms with E-state index in [0.29, 0.717) is 11.8 Å². The Morgan fingerprint density at radius 2 is 1.33 bits per heavy atom. The Morgan fingerprint density at radius 1 is 0.833 bits per heavy atom. The first-order valence-electron chi connectivity index (χ1n) is 11.7. The molecule has 0 aliphatic carbocycles. The fraction of sp³-hybridized carbons (Fsp3) is 0.720. The Morgan fingerprint density at radius 3 is 1.83 bits per heavy atom. The highest BCUT2D eigenvalue weighted by Gasteiger charge is 2.47. The fourth-order valence-electron chi connectivity index (χ4n) is 4.39. The van der Waals surface area contributed by atoms with Gasteiger partial charge in [-0.3, -0.25) is 4.79 Å². The van der Waals surface area contributed by atoms with E-state index in [0.717, 1.165) is 19.3 Å². The molecule has 0 fully saturated rings. The highest BCUT2D eigenvalue weighted by Crippen LogP contribution is 2.41. The third-order valence-corrected chi connectivity index (χ3v) is 9.29. The number of hydrogen-bond donors (Lipinski definition) is 1. The molecule has 0 aliphatic heterocycles. The molecule has 0 heterocycles. The highest BCUT2D eigenvalue weighted by molar-refractivity contribution is 7.93. The van der Waals surface area contributed by atoms with Crippen molar-refractivity contribution in [2.24, 2.45) is 5.41 Å². The number of sulfone groups is 1. The van der Waals surface area contributed by atoms with Crippen LogP contribution < -0.4 is 0 Å². The smallest absolute Gasteiger partial charge is 0.325 e. The average Bonchev–Trinajstić information content (AvgIpc) is 2.74. The Hall–Kier alpha value is -1.36. The van der Waals surface area contributed by atoms with Crippen molar-refractivity contribution in [1.29, 1.82) is 0 Å². The summed E-state index contributed by atoms with van der Waals surface area (Å²) in [6.07, 6.45) is 12.3. The van der Waals surface area contributed by atoms with E-state index in [1.54, 1.807) is 18.2 Å². The zero-order valence-corrected chi connectivity index (χ0v) is 20.3. The standard InChI is InChI=1S/C25H42O4S/c1-5-8-13-20-25(7-3,19-9-6-2)21-15-14-18-24(4,23(26)27)30(28,29)22-16-11-10-12-17-22/h10-12,16-17H,5-9,13-15,18-21H2,1-4H3,(H,26,27). The van der Waals surface area contributed by atoms with Crippen LogP contribution in [0.25, 0.3) is 0 Å². The SMILES string of the molecule is CCCCCC(CC)(CCCC)CCCCC(C)(C(=O)O)S(=O)(=O)c1ccccc1. The molecule has 30 heavy (non-hydrogen) atoms. The van der Waals surface area contributed by atoms with Gasteiger partial charge in [-0.2, -0.15) is 0 Å². The fourth-order valence-corrected chi connectivity index (χ4v) is 6.06. The van der Waals surface area contributed by atoms with Gasteiger partial charge in [0.05, 0.1) is 4.90 Å². The van der Waals surface area contributed by atoms with Gasteiger partial charge in [-0.05, 0) is 50.2 Å². The molecule has 0 amide bonds. The molecule has 2 atom stereocenters. The van der Waals surface area contributed by atoms with Crippen LogP contribution in [0.15, 0.2) is 35.2 Å². The van der Waals surface area contributed by atoms with E-state index in [2.05, 4.69) is 20.8 Å². The molecule has 2 unspecified atom stereocenters. The zero-order chi connectivity index (χ0) is 22.7. The summed E-state index contributed by atoms with van der Waals surface area (Å²) in [5.41, 5.74) is 0.309. The maximum absolute atomic E-state index is 13.1. The summed E-state index contributed by atoms with van der Waals surface area (Å²) in [7, 11) is -3.95. The van der Waals surface area contributed by atoms with Gasteiger partial charge in [0.2, 0.25) is 0 Å². The van der Waals surface area contributed by atoms with Gasteiger partial charge < -0.3 is 5.11 Å². The lowest BCUT2D eigenvalue weighted by atomic mass is 9.72. The van der Waals surface area contributed by atoms with Gasteiger partial charge in [-0.15, -0.1) is 0 Å². The van der Waals surface area contributed by atoms with Gasteiger partial charge in [0.15, 0.2) is 14.6 Å². The molecule has 1 aromatic carbocycles.